The fourth-order valence-electron chi connectivity index (χ4n) is 3.02. The van der Waals surface area contributed by atoms with Crippen LogP contribution in [0, 0.1) is 13.8 Å². The van der Waals surface area contributed by atoms with Crippen LogP contribution >= 0.6 is 0 Å². The van der Waals surface area contributed by atoms with Crippen molar-refractivity contribution in [2.24, 2.45) is 0 Å². The first-order valence-corrected chi connectivity index (χ1v) is 8.90. The Morgan fingerprint density at radius 3 is 2.63 bits per heavy atom. The van der Waals surface area contributed by atoms with Gasteiger partial charge >= 0.3 is 0 Å². The van der Waals surface area contributed by atoms with E-state index >= 15 is 0 Å². The summed E-state index contributed by atoms with van der Waals surface area (Å²) >= 11 is 0. The Hall–Kier alpha value is -3.40. The van der Waals surface area contributed by atoms with Crippen molar-refractivity contribution in [2.45, 2.75) is 20.3 Å². The van der Waals surface area contributed by atoms with Crippen LogP contribution in [0.2, 0.25) is 0 Å². The lowest BCUT2D eigenvalue weighted by Crippen LogP contribution is -2.12. The van der Waals surface area contributed by atoms with Crippen LogP contribution in [-0.4, -0.2) is 10.9 Å². The summed E-state index contributed by atoms with van der Waals surface area (Å²) in [6, 6.07) is 21.4. The summed E-state index contributed by atoms with van der Waals surface area (Å²) in [4.78, 5) is 17.2. The van der Waals surface area contributed by atoms with Crippen molar-refractivity contribution in [1.82, 2.24) is 4.98 Å². The van der Waals surface area contributed by atoms with Crippen LogP contribution in [0.15, 0.2) is 71.1 Å². The van der Waals surface area contributed by atoms with Crippen LogP contribution < -0.4 is 5.32 Å². The highest BCUT2D eigenvalue weighted by atomic mass is 16.3. The molecular formula is C23H20N2O2. The molecule has 0 saturated heterocycles. The second-order valence-corrected chi connectivity index (χ2v) is 6.72. The number of amides is 1. The van der Waals surface area contributed by atoms with Crippen molar-refractivity contribution in [3.8, 4) is 0 Å². The average molecular weight is 356 g/mol. The van der Waals surface area contributed by atoms with Gasteiger partial charge in [-0.1, -0.05) is 42.5 Å². The summed E-state index contributed by atoms with van der Waals surface area (Å²) in [7, 11) is 0. The van der Waals surface area contributed by atoms with E-state index in [1.54, 1.807) is 12.1 Å². The van der Waals surface area contributed by atoms with E-state index in [2.05, 4.69) is 10.3 Å². The molecule has 0 saturated carbocycles. The molecule has 0 fully saturated rings. The predicted octanol–water partition coefficient (Wildman–Crippen LogP) is 5.29. The number of benzene rings is 3. The van der Waals surface area contributed by atoms with Crippen molar-refractivity contribution in [3.05, 3.63) is 94.9 Å². The van der Waals surface area contributed by atoms with Crippen molar-refractivity contribution >= 4 is 22.7 Å². The molecule has 4 aromatic rings. The third-order valence-electron chi connectivity index (χ3n) is 4.53. The first kappa shape index (κ1) is 17.0. The molecule has 1 aromatic heterocycles. The van der Waals surface area contributed by atoms with E-state index < -0.39 is 0 Å². The van der Waals surface area contributed by atoms with Gasteiger partial charge in [-0.3, -0.25) is 4.79 Å². The standard InChI is InChI=1S/C23H20N2O2/c1-15-8-9-16(2)20(12-15)25-23(26)18-10-11-19-21(14-18)27-22(24-19)13-17-6-4-3-5-7-17/h3-12,14H,13H2,1-2H3,(H,25,26). The largest absolute Gasteiger partial charge is 0.440 e. The molecule has 1 heterocycles. The van der Waals surface area contributed by atoms with E-state index in [1.165, 1.54) is 0 Å². The highest BCUT2D eigenvalue weighted by molar-refractivity contribution is 6.06. The maximum absolute atomic E-state index is 12.6. The zero-order valence-electron chi connectivity index (χ0n) is 15.3. The number of rotatable bonds is 4. The smallest absolute Gasteiger partial charge is 0.255 e. The maximum atomic E-state index is 12.6. The van der Waals surface area contributed by atoms with Crippen LogP contribution in [0.4, 0.5) is 5.69 Å². The monoisotopic (exact) mass is 356 g/mol. The predicted molar refractivity (Wildman–Crippen MR) is 107 cm³/mol. The third-order valence-corrected chi connectivity index (χ3v) is 4.53. The van der Waals surface area contributed by atoms with Gasteiger partial charge in [0, 0.05) is 17.7 Å². The number of aromatic nitrogens is 1. The van der Waals surface area contributed by atoms with Crippen molar-refractivity contribution < 1.29 is 9.21 Å². The minimum Gasteiger partial charge on any atom is -0.440 e. The molecule has 0 unspecified atom stereocenters. The van der Waals surface area contributed by atoms with E-state index in [-0.39, 0.29) is 5.91 Å². The number of hydrogen-bond acceptors (Lipinski definition) is 3. The number of anilines is 1. The Morgan fingerprint density at radius 1 is 1.00 bits per heavy atom. The molecule has 4 heteroatoms. The lowest BCUT2D eigenvalue weighted by molar-refractivity contribution is 0.102. The number of oxazole rings is 1. The number of carbonyl (C=O) groups excluding carboxylic acids is 1. The van der Waals surface area contributed by atoms with Gasteiger partial charge in [0.25, 0.3) is 5.91 Å². The molecule has 1 amide bonds. The normalized spacial score (nSPS) is 10.9. The lowest BCUT2D eigenvalue weighted by atomic mass is 10.1. The van der Waals surface area contributed by atoms with E-state index in [0.29, 0.717) is 23.5 Å². The fourth-order valence-corrected chi connectivity index (χ4v) is 3.02. The molecular weight excluding hydrogens is 336 g/mol. The lowest BCUT2D eigenvalue weighted by Gasteiger charge is -2.09. The Kier molecular flexibility index (Phi) is 4.47. The van der Waals surface area contributed by atoms with Crippen LogP contribution in [0.3, 0.4) is 0 Å². The molecule has 3 aromatic carbocycles. The number of carbonyl (C=O) groups is 1. The Labute approximate surface area is 157 Å². The molecule has 0 aliphatic rings. The number of nitrogens with zero attached hydrogens (tertiary/aromatic N) is 1. The summed E-state index contributed by atoms with van der Waals surface area (Å²) < 4.78 is 5.86. The second kappa shape index (κ2) is 7.08. The number of aryl methyl sites for hydroxylation is 2. The van der Waals surface area contributed by atoms with Gasteiger partial charge in [0.1, 0.15) is 5.52 Å². The van der Waals surface area contributed by atoms with Crippen LogP contribution in [0.25, 0.3) is 11.1 Å². The maximum Gasteiger partial charge on any atom is 0.255 e. The summed E-state index contributed by atoms with van der Waals surface area (Å²) in [5.41, 5.74) is 6.01. The van der Waals surface area contributed by atoms with Crippen LogP contribution in [0.1, 0.15) is 32.9 Å². The minimum atomic E-state index is -0.161. The molecule has 4 rings (SSSR count). The van der Waals surface area contributed by atoms with Crippen molar-refractivity contribution in [3.63, 3.8) is 0 Å². The van der Waals surface area contributed by atoms with Crippen molar-refractivity contribution in [2.75, 3.05) is 5.32 Å². The second-order valence-electron chi connectivity index (χ2n) is 6.72. The topological polar surface area (TPSA) is 55.1 Å². The van der Waals surface area contributed by atoms with Gasteiger partial charge < -0.3 is 9.73 Å². The fraction of sp³-hybridized carbons (Fsp3) is 0.130. The van der Waals surface area contributed by atoms with Gasteiger partial charge in [0.05, 0.1) is 0 Å². The first-order chi connectivity index (χ1) is 13.1. The number of fused-ring (bicyclic) bond motifs is 1. The SMILES string of the molecule is Cc1ccc(C)c(NC(=O)c2ccc3nc(Cc4ccccc4)oc3c2)c1. The quantitative estimate of drug-likeness (QED) is 0.541. The average Bonchev–Trinajstić information content (AvgIpc) is 3.06. The summed E-state index contributed by atoms with van der Waals surface area (Å²) in [6.45, 7) is 3.98. The summed E-state index contributed by atoms with van der Waals surface area (Å²) in [6.07, 6.45) is 0.625. The van der Waals surface area contributed by atoms with E-state index in [1.807, 2.05) is 68.4 Å². The highest BCUT2D eigenvalue weighted by Gasteiger charge is 2.12. The van der Waals surface area contributed by atoms with Gasteiger partial charge in [0.15, 0.2) is 11.5 Å². The highest BCUT2D eigenvalue weighted by Crippen LogP contribution is 2.21. The Bertz CT molecular complexity index is 1110. The molecule has 0 bridgehead atoms. The van der Waals surface area contributed by atoms with Gasteiger partial charge in [-0.15, -0.1) is 0 Å². The Morgan fingerprint density at radius 2 is 1.81 bits per heavy atom. The molecule has 134 valence electrons. The number of hydrogen-bond donors (Lipinski definition) is 1. The molecule has 0 radical (unpaired) electrons. The minimum absolute atomic E-state index is 0.161. The molecule has 0 atom stereocenters. The third kappa shape index (κ3) is 3.75. The van der Waals surface area contributed by atoms with Gasteiger partial charge in [-0.25, -0.2) is 4.98 Å². The van der Waals surface area contributed by atoms with Crippen LogP contribution in [-0.2, 0) is 6.42 Å². The number of nitrogens with one attached hydrogen (secondary N) is 1. The summed E-state index contributed by atoms with van der Waals surface area (Å²) in [5, 5.41) is 2.98. The molecule has 4 nitrogen and oxygen atoms in total. The van der Waals surface area contributed by atoms with Gasteiger partial charge in [-0.05, 0) is 54.8 Å². The zero-order chi connectivity index (χ0) is 18.8. The molecule has 0 aliphatic heterocycles. The molecule has 27 heavy (non-hydrogen) atoms. The van der Waals surface area contributed by atoms with E-state index in [4.69, 9.17) is 4.42 Å². The van der Waals surface area contributed by atoms with Gasteiger partial charge in [0.2, 0.25) is 0 Å². The zero-order valence-corrected chi connectivity index (χ0v) is 15.3. The van der Waals surface area contributed by atoms with Gasteiger partial charge in [-0.2, -0.15) is 0 Å². The molecule has 0 aliphatic carbocycles. The summed E-state index contributed by atoms with van der Waals surface area (Å²) in [5.74, 6) is 0.481. The Balaban J connectivity index is 1.57. The van der Waals surface area contributed by atoms with Crippen LogP contribution in [0.5, 0.6) is 0 Å². The first-order valence-electron chi connectivity index (χ1n) is 8.90. The van der Waals surface area contributed by atoms with E-state index in [9.17, 15) is 4.79 Å². The van der Waals surface area contributed by atoms with E-state index in [0.717, 1.165) is 27.9 Å². The molecule has 0 spiro atoms. The van der Waals surface area contributed by atoms with Crippen molar-refractivity contribution in [1.29, 1.82) is 0 Å². The molecule has 1 N–H and O–H groups in total.